The minimum atomic E-state index is -3.93. The molecule has 2 aliphatic rings. The predicted molar refractivity (Wildman–Crippen MR) is 131 cm³/mol. The molecule has 2 fully saturated rings. The second kappa shape index (κ2) is 14.6. The van der Waals surface area contributed by atoms with E-state index in [0.717, 1.165) is 0 Å². The fourth-order valence-corrected chi connectivity index (χ4v) is 5.41. The first-order valence-corrected chi connectivity index (χ1v) is 17.4. The summed E-state index contributed by atoms with van der Waals surface area (Å²) in [6.45, 7) is 5.97. The van der Waals surface area contributed by atoms with Crippen LogP contribution in [-0.4, -0.2) is 173 Å². The number of hydrogen-bond donors (Lipinski definition) is 4. The molecule has 0 saturated carbocycles. The van der Waals surface area contributed by atoms with Gasteiger partial charge in [0, 0.05) is 78.5 Å². The fraction of sp³-hybridized carbons (Fsp3) is 1.00. The summed E-state index contributed by atoms with van der Waals surface area (Å²) >= 11 is 0. The summed E-state index contributed by atoms with van der Waals surface area (Å²) in [4.78, 5) is 7.55. The van der Waals surface area contributed by atoms with Gasteiger partial charge in [-0.05, 0) is 0 Å². The monoisotopic (exact) mass is 604 g/mol. The second-order valence-electron chi connectivity index (χ2n) is 8.51. The quantitative estimate of drug-likeness (QED) is 0.160. The van der Waals surface area contributed by atoms with Gasteiger partial charge in [-0.15, -0.1) is 0 Å². The van der Waals surface area contributed by atoms with E-state index in [1.807, 2.05) is 19.6 Å². The van der Waals surface area contributed by atoms with Gasteiger partial charge in [-0.3, -0.25) is 37.8 Å². The van der Waals surface area contributed by atoms with Crippen molar-refractivity contribution in [1.82, 2.24) is 19.6 Å². The molecule has 2 rings (SSSR count). The van der Waals surface area contributed by atoms with Gasteiger partial charge in [-0.25, -0.2) is 0 Å². The smallest absolute Gasteiger partial charge is 0.266 e. The molecule has 0 aliphatic carbocycles. The van der Waals surface area contributed by atoms with Gasteiger partial charge in [-0.2, -0.15) is 33.7 Å². The first-order chi connectivity index (χ1) is 16.3. The molecule has 4 N–H and O–H groups in total. The van der Waals surface area contributed by atoms with Crippen LogP contribution in [0.1, 0.15) is 0 Å². The Bertz CT molecular complexity index is 904. The normalized spacial score (nSPS) is 20.1. The molecule has 0 spiro atoms. The van der Waals surface area contributed by atoms with Crippen molar-refractivity contribution in [2.45, 2.75) is 0 Å². The molecule has 0 radical (unpaired) electrons. The molecule has 0 aromatic rings. The zero-order valence-corrected chi connectivity index (χ0v) is 23.1. The van der Waals surface area contributed by atoms with Crippen LogP contribution in [0.3, 0.4) is 0 Å². The van der Waals surface area contributed by atoms with Gasteiger partial charge >= 0.3 is 0 Å². The topological polar surface area (TPSA) is 230 Å². The Balaban J connectivity index is 0.000000360. The van der Waals surface area contributed by atoms with Crippen LogP contribution in [0.4, 0.5) is 0 Å². The number of hydrogen-bond acceptors (Lipinski definition) is 12. The molecule has 0 aromatic heterocycles. The van der Waals surface area contributed by atoms with Crippen molar-refractivity contribution >= 4 is 40.5 Å². The van der Waals surface area contributed by atoms with Crippen LogP contribution in [0.25, 0.3) is 0 Å². The lowest BCUT2D eigenvalue weighted by atomic mass is 10.3. The standard InChI is InChI=1S/2C8H18N2O6S2/c2*11-17(12,13)7-5-9-1-2-10(4-3-9)6-8-18(14,15)16/h2*1-8H2,(H,11,12,13)(H,14,15,16). The summed E-state index contributed by atoms with van der Waals surface area (Å²) < 4.78 is 119. The molecule has 36 heavy (non-hydrogen) atoms. The zero-order chi connectivity index (χ0) is 27.6. The maximum Gasteiger partial charge on any atom is 0.266 e. The molecule has 0 bridgehead atoms. The SMILES string of the molecule is O=S(=O)(O)CCN1CCN(CCS(=O)(=O)O)CC1.O=S(=O)(O)CCN1CCN(CCS(=O)(=O)O)CC1. The maximum absolute atomic E-state index is 10.6. The lowest BCUT2D eigenvalue weighted by Gasteiger charge is -2.34. The Kier molecular flexibility index (Phi) is 13.6. The number of nitrogens with zero attached hydrogens (tertiary/aromatic N) is 4. The average Bonchev–Trinajstić information content (AvgIpc) is 2.73. The molecule has 16 nitrogen and oxygen atoms in total. The van der Waals surface area contributed by atoms with Crippen LogP contribution in [0, 0.1) is 0 Å². The summed E-state index contributed by atoms with van der Waals surface area (Å²) in [5.41, 5.74) is 0. The van der Waals surface area contributed by atoms with E-state index in [0.29, 0.717) is 52.4 Å². The van der Waals surface area contributed by atoms with E-state index in [9.17, 15) is 33.7 Å². The highest BCUT2D eigenvalue weighted by molar-refractivity contribution is 7.86. The van der Waals surface area contributed by atoms with Crippen molar-refractivity contribution in [3.8, 4) is 0 Å². The van der Waals surface area contributed by atoms with E-state index in [1.165, 1.54) is 0 Å². The predicted octanol–water partition coefficient (Wildman–Crippen LogP) is -3.24. The Morgan fingerprint density at radius 2 is 0.500 bits per heavy atom. The van der Waals surface area contributed by atoms with Crippen LogP contribution in [0.2, 0.25) is 0 Å². The van der Waals surface area contributed by atoms with Gasteiger partial charge in [0.15, 0.2) is 0 Å². The highest BCUT2D eigenvalue weighted by Crippen LogP contribution is 2.03. The molecule has 2 saturated heterocycles. The first-order valence-electron chi connectivity index (χ1n) is 11.0. The van der Waals surface area contributed by atoms with Crippen LogP contribution in [0.15, 0.2) is 0 Å². The number of rotatable bonds is 12. The molecular weight excluding hydrogens is 568 g/mol. The van der Waals surface area contributed by atoms with Crippen LogP contribution in [0.5, 0.6) is 0 Å². The van der Waals surface area contributed by atoms with E-state index in [-0.39, 0.29) is 49.2 Å². The van der Waals surface area contributed by atoms with Crippen LogP contribution >= 0.6 is 0 Å². The Morgan fingerprint density at radius 3 is 0.611 bits per heavy atom. The van der Waals surface area contributed by atoms with Crippen LogP contribution < -0.4 is 0 Å². The summed E-state index contributed by atoms with van der Waals surface area (Å²) in [6, 6.07) is 0. The molecule has 0 amide bonds. The summed E-state index contributed by atoms with van der Waals surface area (Å²) in [5, 5.41) is 0. The van der Waals surface area contributed by atoms with E-state index in [2.05, 4.69) is 0 Å². The molecule has 2 aliphatic heterocycles. The van der Waals surface area contributed by atoms with Crippen molar-refractivity contribution in [2.75, 3.05) is 102 Å². The Hall–Kier alpha value is -0.520. The largest absolute Gasteiger partial charge is 0.300 e. The highest BCUT2D eigenvalue weighted by atomic mass is 32.2. The summed E-state index contributed by atoms with van der Waals surface area (Å²) in [7, 11) is -15.7. The van der Waals surface area contributed by atoms with Crippen LogP contribution in [-0.2, 0) is 40.5 Å². The third-order valence-corrected chi connectivity index (χ3v) is 8.39. The van der Waals surface area contributed by atoms with E-state index in [1.54, 1.807) is 0 Å². The minimum Gasteiger partial charge on any atom is -0.300 e. The van der Waals surface area contributed by atoms with Crippen molar-refractivity contribution in [2.24, 2.45) is 0 Å². The molecule has 2 heterocycles. The molecule has 20 heteroatoms. The minimum absolute atomic E-state index is 0.269. The van der Waals surface area contributed by atoms with Gasteiger partial charge in [0.1, 0.15) is 0 Å². The molecule has 0 aromatic carbocycles. The van der Waals surface area contributed by atoms with E-state index in [4.69, 9.17) is 18.2 Å². The number of piperazine rings is 2. The highest BCUT2D eigenvalue weighted by Gasteiger charge is 2.20. The van der Waals surface area contributed by atoms with Crippen molar-refractivity contribution in [3.63, 3.8) is 0 Å². The Morgan fingerprint density at radius 1 is 0.361 bits per heavy atom. The van der Waals surface area contributed by atoms with Gasteiger partial charge in [0.25, 0.3) is 40.5 Å². The van der Waals surface area contributed by atoms with Gasteiger partial charge in [-0.1, -0.05) is 0 Å². The summed E-state index contributed by atoms with van der Waals surface area (Å²) in [5.74, 6) is -1.17. The van der Waals surface area contributed by atoms with Gasteiger partial charge < -0.3 is 0 Å². The molecule has 0 atom stereocenters. The lowest BCUT2D eigenvalue weighted by Crippen LogP contribution is -2.48. The fourth-order valence-electron chi connectivity index (χ4n) is 3.45. The second-order valence-corrected chi connectivity index (χ2v) is 14.8. The van der Waals surface area contributed by atoms with Crippen molar-refractivity contribution in [3.05, 3.63) is 0 Å². The maximum atomic E-state index is 10.6. The molecule has 0 unspecified atom stereocenters. The van der Waals surface area contributed by atoms with Gasteiger partial charge in [0.2, 0.25) is 0 Å². The van der Waals surface area contributed by atoms with E-state index < -0.39 is 40.5 Å². The third kappa shape index (κ3) is 18.7. The summed E-state index contributed by atoms with van der Waals surface area (Å²) in [6.07, 6.45) is 0. The average molecular weight is 605 g/mol. The Labute approximate surface area is 213 Å². The first kappa shape index (κ1) is 33.5. The molecule has 216 valence electrons. The zero-order valence-electron chi connectivity index (χ0n) is 19.8. The molecular formula is C16H36N4O12S4. The van der Waals surface area contributed by atoms with Gasteiger partial charge in [0.05, 0.1) is 23.0 Å². The van der Waals surface area contributed by atoms with Crippen molar-refractivity contribution in [1.29, 1.82) is 0 Å². The van der Waals surface area contributed by atoms with Crippen molar-refractivity contribution < 1.29 is 51.9 Å². The lowest BCUT2D eigenvalue weighted by molar-refractivity contribution is 0.143. The van der Waals surface area contributed by atoms with E-state index >= 15 is 0 Å². The third-order valence-electron chi connectivity index (χ3n) is 5.59.